The second-order valence-electron chi connectivity index (χ2n) is 7.24. The fourth-order valence-corrected chi connectivity index (χ4v) is 2.92. The molecule has 0 saturated carbocycles. The Morgan fingerprint density at radius 1 is 1.22 bits per heavy atom. The van der Waals surface area contributed by atoms with Crippen molar-refractivity contribution in [2.45, 2.75) is 26.7 Å². The van der Waals surface area contributed by atoms with Gasteiger partial charge < -0.3 is 16.0 Å². The molecule has 0 radical (unpaired) electrons. The van der Waals surface area contributed by atoms with Crippen molar-refractivity contribution in [1.29, 1.82) is 0 Å². The van der Waals surface area contributed by atoms with Gasteiger partial charge >= 0.3 is 0 Å². The highest BCUT2D eigenvalue weighted by atomic mass is 16.2. The minimum absolute atomic E-state index is 0.0421. The molecule has 5 nitrogen and oxygen atoms in total. The summed E-state index contributed by atoms with van der Waals surface area (Å²) in [6.45, 7) is 7.42. The average molecular weight is 317 g/mol. The molecular weight excluding hydrogens is 290 g/mol. The lowest BCUT2D eigenvalue weighted by molar-refractivity contribution is -0.134. The van der Waals surface area contributed by atoms with Crippen molar-refractivity contribution >= 4 is 11.8 Å². The fourth-order valence-electron chi connectivity index (χ4n) is 2.92. The van der Waals surface area contributed by atoms with Gasteiger partial charge in [0, 0.05) is 24.4 Å². The number of benzene rings is 1. The molecule has 2 amide bonds. The van der Waals surface area contributed by atoms with E-state index in [9.17, 15) is 9.59 Å². The van der Waals surface area contributed by atoms with Gasteiger partial charge in [0.1, 0.15) is 0 Å². The van der Waals surface area contributed by atoms with E-state index in [0.29, 0.717) is 19.6 Å². The summed E-state index contributed by atoms with van der Waals surface area (Å²) in [5, 5.41) is 2.73. The molecule has 0 unspecified atom stereocenters. The van der Waals surface area contributed by atoms with Crippen LogP contribution in [0.5, 0.6) is 0 Å². The molecule has 1 heterocycles. The van der Waals surface area contributed by atoms with Gasteiger partial charge in [-0.2, -0.15) is 0 Å². The van der Waals surface area contributed by atoms with Crippen LogP contribution in [0.25, 0.3) is 0 Å². The number of nitrogens with two attached hydrogens (primary N) is 1. The molecule has 2 rings (SSSR count). The van der Waals surface area contributed by atoms with Crippen molar-refractivity contribution < 1.29 is 9.59 Å². The van der Waals surface area contributed by atoms with Gasteiger partial charge in [0.15, 0.2) is 0 Å². The first-order chi connectivity index (χ1) is 10.8. The van der Waals surface area contributed by atoms with Crippen molar-refractivity contribution in [2.75, 3.05) is 26.2 Å². The van der Waals surface area contributed by atoms with Crippen LogP contribution in [0.15, 0.2) is 30.3 Å². The number of hydrogen-bond donors (Lipinski definition) is 2. The van der Waals surface area contributed by atoms with E-state index in [0.717, 1.165) is 0 Å². The maximum atomic E-state index is 12.4. The van der Waals surface area contributed by atoms with Gasteiger partial charge in [-0.1, -0.05) is 51.1 Å². The molecule has 1 aliphatic rings. The normalized spacial score (nSPS) is 21.3. The van der Waals surface area contributed by atoms with E-state index < -0.39 is 5.41 Å². The summed E-state index contributed by atoms with van der Waals surface area (Å²) in [5.41, 5.74) is 6.63. The Hall–Kier alpha value is -1.88. The molecule has 1 fully saturated rings. The average Bonchev–Trinajstić information content (AvgIpc) is 2.96. The summed E-state index contributed by atoms with van der Waals surface area (Å²) in [7, 11) is 0. The SMILES string of the molecule is CC(C)(C)C(=O)NCC(=O)N1C[C@@H](CN)[C@H](c2ccccc2)C1. The molecule has 2 atom stereocenters. The smallest absolute Gasteiger partial charge is 0.241 e. The summed E-state index contributed by atoms with van der Waals surface area (Å²) in [5.74, 6) is 0.377. The van der Waals surface area contributed by atoms with E-state index in [-0.39, 0.29) is 30.2 Å². The number of rotatable bonds is 4. The number of carbonyl (C=O) groups excluding carboxylic acids is 2. The zero-order valence-electron chi connectivity index (χ0n) is 14.2. The highest BCUT2D eigenvalue weighted by Gasteiger charge is 2.35. The van der Waals surface area contributed by atoms with Crippen molar-refractivity contribution in [3.05, 3.63) is 35.9 Å². The van der Waals surface area contributed by atoms with Gasteiger partial charge in [-0.3, -0.25) is 9.59 Å². The molecular formula is C18H27N3O2. The first-order valence-corrected chi connectivity index (χ1v) is 8.14. The van der Waals surface area contributed by atoms with Gasteiger partial charge in [0.25, 0.3) is 0 Å². The standard InChI is InChI=1S/C18H27N3O2/c1-18(2,3)17(23)20-10-16(22)21-11-14(9-19)15(12-21)13-7-5-4-6-8-13/h4-8,14-15H,9-12,19H2,1-3H3,(H,20,23)/t14-,15+/m1/s1. The maximum absolute atomic E-state index is 12.4. The molecule has 126 valence electrons. The molecule has 0 bridgehead atoms. The molecule has 3 N–H and O–H groups in total. The predicted molar refractivity (Wildman–Crippen MR) is 90.8 cm³/mol. The topological polar surface area (TPSA) is 75.4 Å². The summed E-state index contributed by atoms with van der Waals surface area (Å²) in [6.07, 6.45) is 0. The Labute approximate surface area is 138 Å². The van der Waals surface area contributed by atoms with Gasteiger partial charge in [-0.15, -0.1) is 0 Å². The van der Waals surface area contributed by atoms with Crippen LogP contribution >= 0.6 is 0 Å². The second-order valence-corrected chi connectivity index (χ2v) is 7.24. The third-order valence-electron chi connectivity index (χ3n) is 4.41. The first kappa shape index (κ1) is 17.5. The number of likely N-dealkylation sites (tertiary alicyclic amines) is 1. The van der Waals surface area contributed by atoms with Crippen LogP contribution in [0, 0.1) is 11.3 Å². The van der Waals surface area contributed by atoms with Crippen LogP contribution in [0.3, 0.4) is 0 Å². The highest BCUT2D eigenvalue weighted by Crippen LogP contribution is 2.31. The lowest BCUT2D eigenvalue weighted by Gasteiger charge is -2.20. The van der Waals surface area contributed by atoms with Crippen molar-refractivity contribution in [2.24, 2.45) is 17.1 Å². The quantitative estimate of drug-likeness (QED) is 0.880. The zero-order chi connectivity index (χ0) is 17.0. The Bertz CT molecular complexity index is 551. The van der Waals surface area contributed by atoms with E-state index in [1.807, 2.05) is 43.9 Å². The zero-order valence-corrected chi connectivity index (χ0v) is 14.2. The van der Waals surface area contributed by atoms with Crippen LogP contribution in [0.2, 0.25) is 0 Å². The highest BCUT2D eigenvalue weighted by molar-refractivity contribution is 5.87. The van der Waals surface area contributed by atoms with E-state index in [2.05, 4.69) is 17.4 Å². The minimum atomic E-state index is -0.488. The van der Waals surface area contributed by atoms with Crippen molar-refractivity contribution in [3.63, 3.8) is 0 Å². The van der Waals surface area contributed by atoms with E-state index in [1.54, 1.807) is 0 Å². The monoisotopic (exact) mass is 317 g/mol. The molecule has 1 saturated heterocycles. The first-order valence-electron chi connectivity index (χ1n) is 8.14. The molecule has 1 aliphatic heterocycles. The molecule has 5 heteroatoms. The van der Waals surface area contributed by atoms with Gasteiger partial charge in [-0.25, -0.2) is 0 Å². The summed E-state index contributed by atoms with van der Waals surface area (Å²) in [4.78, 5) is 26.1. The summed E-state index contributed by atoms with van der Waals surface area (Å²) >= 11 is 0. The van der Waals surface area contributed by atoms with Gasteiger partial charge in [0.05, 0.1) is 6.54 Å². The van der Waals surface area contributed by atoms with Crippen molar-refractivity contribution in [1.82, 2.24) is 10.2 Å². The van der Waals surface area contributed by atoms with Crippen LogP contribution in [-0.4, -0.2) is 42.9 Å². The molecule has 1 aromatic carbocycles. The Balaban J connectivity index is 1.97. The number of nitrogens with zero attached hydrogens (tertiary/aromatic N) is 1. The molecule has 0 spiro atoms. The van der Waals surface area contributed by atoms with Gasteiger partial charge in [0.2, 0.25) is 11.8 Å². The lowest BCUT2D eigenvalue weighted by Crippen LogP contribution is -2.43. The number of amides is 2. The van der Waals surface area contributed by atoms with E-state index in [1.165, 1.54) is 5.56 Å². The number of carbonyl (C=O) groups is 2. The van der Waals surface area contributed by atoms with Crippen LogP contribution in [0.1, 0.15) is 32.3 Å². The third-order valence-corrected chi connectivity index (χ3v) is 4.41. The van der Waals surface area contributed by atoms with Crippen LogP contribution < -0.4 is 11.1 Å². The molecule has 0 aromatic heterocycles. The molecule has 0 aliphatic carbocycles. The van der Waals surface area contributed by atoms with E-state index >= 15 is 0 Å². The number of nitrogens with one attached hydrogen (secondary N) is 1. The van der Waals surface area contributed by atoms with Gasteiger partial charge in [-0.05, 0) is 18.0 Å². The van der Waals surface area contributed by atoms with Crippen molar-refractivity contribution in [3.8, 4) is 0 Å². The van der Waals surface area contributed by atoms with Crippen LogP contribution in [0.4, 0.5) is 0 Å². The Morgan fingerprint density at radius 3 is 2.43 bits per heavy atom. The minimum Gasteiger partial charge on any atom is -0.347 e. The molecule has 1 aromatic rings. The van der Waals surface area contributed by atoms with E-state index in [4.69, 9.17) is 5.73 Å². The second kappa shape index (κ2) is 7.13. The largest absolute Gasteiger partial charge is 0.347 e. The Kier molecular flexibility index (Phi) is 5.42. The summed E-state index contributed by atoms with van der Waals surface area (Å²) in [6, 6.07) is 10.2. The molecule has 23 heavy (non-hydrogen) atoms. The predicted octanol–water partition coefficient (Wildman–Crippen LogP) is 1.35. The number of hydrogen-bond acceptors (Lipinski definition) is 3. The maximum Gasteiger partial charge on any atom is 0.241 e. The lowest BCUT2D eigenvalue weighted by atomic mass is 9.89. The van der Waals surface area contributed by atoms with Crippen LogP contribution in [-0.2, 0) is 9.59 Å². The third kappa shape index (κ3) is 4.32. The Morgan fingerprint density at radius 2 is 1.87 bits per heavy atom. The summed E-state index contributed by atoms with van der Waals surface area (Å²) < 4.78 is 0. The fraction of sp³-hybridized carbons (Fsp3) is 0.556.